The van der Waals surface area contributed by atoms with Gasteiger partial charge in [0, 0.05) is 21.8 Å². The van der Waals surface area contributed by atoms with Crippen molar-refractivity contribution in [3.8, 4) is 5.75 Å². The lowest BCUT2D eigenvalue weighted by molar-refractivity contribution is -0.186. The Labute approximate surface area is 176 Å². The molecule has 0 saturated heterocycles. The lowest BCUT2D eigenvalue weighted by atomic mass is 10.0. The standard InChI is InChI=1S/C21H20BrNO6/c1-3-28-20(25)19(23-15-8-10-16(27-2)11-9-15)21(26)18(24)12-17(29-21)13-4-6-14(22)7-5-13/h4-12,19,23,26H,3H2,1-2H3/t19-,21+/m1/s1. The molecule has 0 amide bonds. The molecule has 1 heterocycles. The van der Waals surface area contributed by atoms with Gasteiger partial charge in [-0.05, 0) is 43.3 Å². The predicted molar refractivity (Wildman–Crippen MR) is 110 cm³/mol. The first kappa shape index (κ1) is 20.9. The summed E-state index contributed by atoms with van der Waals surface area (Å²) in [4.78, 5) is 25.2. The van der Waals surface area contributed by atoms with Crippen molar-refractivity contribution < 1.29 is 28.9 Å². The molecule has 7 nitrogen and oxygen atoms in total. The van der Waals surface area contributed by atoms with Crippen molar-refractivity contribution in [1.82, 2.24) is 0 Å². The number of carbonyl (C=O) groups excluding carboxylic acids is 2. The summed E-state index contributed by atoms with van der Waals surface area (Å²) in [6.45, 7) is 1.71. The molecule has 0 aromatic heterocycles. The molecular formula is C21H20BrNO6. The highest BCUT2D eigenvalue weighted by Gasteiger charge is 2.54. The van der Waals surface area contributed by atoms with Crippen LogP contribution < -0.4 is 10.1 Å². The third-order valence-corrected chi connectivity index (χ3v) is 4.85. The van der Waals surface area contributed by atoms with Crippen molar-refractivity contribution in [3.63, 3.8) is 0 Å². The largest absolute Gasteiger partial charge is 0.497 e. The zero-order valence-electron chi connectivity index (χ0n) is 15.8. The Morgan fingerprint density at radius 1 is 1.21 bits per heavy atom. The van der Waals surface area contributed by atoms with Crippen molar-refractivity contribution in [2.24, 2.45) is 0 Å². The van der Waals surface area contributed by atoms with Gasteiger partial charge in [0.1, 0.15) is 11.5 Å². The van der Waals surface area contributed by atoms with Crippen LogP contribution in [0.1, 0.15) is 12.5 Å². The monoisotopic (exact) mass is 461 g/mol. The molecule has 2 N–H and O–H groups in total. The maximum Gasteiger partial charge on any atom is 0.336 e. The van der Waals surface area contributed by atoms with Gasteiger partial charge in [0.25, 0.3) is 0 Å². The van der Waals surface area contributed by atoms with Crippen LogP contribution >= 0.6 is 15.9 Å². The van der Waals surface area contributed by atoms with Gasteiger partial charge in [0.15, 0.2) is 6.04 Å². The van der Waals surface area contributed by atoms with Crippen molar-refractivity contribution in [2.45, 2.75) is 18.8 Å². The second-order valence-electron chi connectivity index (χ2n) is 6.24. The van der Waals surface area contributed by atoms with Gasteiger partial charge in [-0.2, -0.15) is 0 Å². The van der Waals surface area contributed by atoms with Crippen LogP contribution in [-0.2, 0) is 19.1 Å². The van der Waals surface area contributed by atoms with E-state index in [-0.39, 0.29) is 12.4 Å². The number of ether oxygens (including phenoxy) is 3. The van der Waals surface area contributed by atoms with Crippen LogP contribution in [0.3, 0.4) is 0 Å². The van der Waals surface area contributed by atoms with Crippen LogP contribution in [0.5, 0.6) is 5.75 Å². The minimum absolute atomic E-state index is 0.0803. The third-order valence-electron chi connectivity index (χ3n) is 4.32. The molecular weight excluding hydrogens is 442 g/mol. The Balaban J connectivity index is 1.88. The van der Waals surface area contributed by atoms with E-state index in [1.165, 1.54) is 13.2 Å². The molecule has 1 aliphatic heterocycles. The zero-order valence-corrected chi connectivity index (χ0v) is 17.4. The van der Waals surface area contributed by atoms with Crippen molar-refractivity contribution >= 4 is 39.1 Å². The number of hydrogen-bond acceptors (Lipinski definition) is 7. The summed E-state index contributed by atoms with van der Waals surface area (Å²) in [5.41, 5.74) is 1.07. The number of ketones is 1. The summed E-state index contributed by atoms with van der Waals surface area (Å²) < 4.78 is 16.6. The topological polar surface area (TPSA) is 94.1 Å². The van der Waals surface area contributed by atoms with Gasteiger partial charge in [-0.3, -0.25) is 4.79 Å². The van der Waals surface area contributed by atoms with E-state index in [4.69, 9.17) is 14.2 Å². The number of carbonyl (C=O) groups is 2. The molecule has 0 bridgehead atoms. The Bertz CT molecular complexity index is 925. The molecule has 0 fully saturated rings. The van der Waals surface area contributed by atoms with E-state index in [0.29, 0.717) is 17.0 Å². The quantitative estimate of drug-likeness (QED) is 0.611. The number of aliphatic hydroxyl groups is 1. The number of methoxy groups -OCH3 is 1. The van der Waals surface area contributed by atoms with Crippen molar-refractivity contribution in [3.05, 3.63) is 64.6 Å². The molecule has 1 aliphatic rings. The van der Waals surface area contributed by atoms with Crippen LogP contribution in [0.4, 0.5) is 5.69 Å². The van der Waals surface area contributed by atoms with E-state index in [0.717, 1.165) is 4.47 Å². The Hall–Kier alpha value is -2.84. The summed E-state index contributed by atoms with van der Waals surface area (Å²) in [5, 5.41) is 13.9. The molecule has 29 heavy (non-hydrogen) atoms. The lowest BCUT2D eigenvalue weighted by Crippen LogP contribution is -2.56. The lowest BCUT2D eigenvalue weighted by Gasteiger charge is -2.30. The first-order chi connectivity index (χ1) is 13.9. The van der Waals surface area contributed by atoms with Gasteiger partial charge in [0.2, 0.25) is 5.78 Å². The Morgan fingerprint density at radius 3 is 2.45 bits per heavy atom. The number of hydrogen-bond donors (Lipinski definition) is 2. The second kappa shape index (κ2) is 8.67. The van der Waals surface area contributed by atoms with E-state index in [9.17, 15) is 14.7 Å². The number of rotatable bonds is 7. The van der Waals surface area contributed by atoms with Gasteiger partial charge in [-0.15, -0.1) is 0 Å². The summed E-state index contributed by atoms with van der Waals surface area (Å²) in [5.74, 6) is -3.24. The molecule has 0 radical (unpaired) electrons. The molecule has 0 saturated carbocycles. The highest BCUT2D eigenvalue weighted by Crippen LogP contribution is 2.34. The number of halogens is 1. The molecule has 0 spiro atoms. The zero-order chi connectivity index (χ0) is 21.0. The third kappa shape index (κ3) is 4.44. The van der Waals surface area contributed by atoms with E-state index in [1.807, 2.05) is 0 Å². The number of nitrogens with one attached hydrogen (secondary N) is 1. The molecule has 152 valence electrons. The van der Waals surface area contributed by atoms with Crippen LogP contribution in [0.2, 0.25) is 0 Å². The number of benzene rings is 2. The fourth-order valence-corrected chi connectivity index (χ4v) is 3.09. The van der Waals surface area contributed by atoms with Crippen LogP contribution in [0.15, 0.2) is 59.1 Å². The molecule has 2 aromatic rings. The van der Waals surface area contributed by atoms with E-state index in [1.54, 1.807) is 55.5 Å². The summed E-state index contributed by atoms with van der Waals surface area (Å²) in [6, 6.07) is 12.2. The van der Waals surface area contributed by atoms with Crippen LogP contribution in [-0.4, -0.2) is 42.4 Å². The van der Waals surface area contributed by atoms with Gasteiger partial charge in [-0.25, -0.2) is 4.79 Å². The fourth-order valence-electron chi connectivity index (χ4n) is 2.82. The first-order valence-corrected chi connectivity index (χ1v) is 9.67. The van der Waals surface area contributed by atoms with Crippen LogP contribution in [0, 0.1) is 0 Å². The van der Waals surface area contributed by atoms with E-state index < -0.39 is 23.6 Å². The van der Waals surface area contributed by atoms with Gasteiger partial charge < -0.3 is 24.6 Å². The molecule has 2 atom stereocenters. The maximum atomic E-state index is 12.7. The summed E-state index contributed by atoms with van der Waals surface area (Å²) in [7, 11) is 1.53. The summed E-state index contributed by atoms with van der Waals surface area (Å²) >= 11 is 3.34. The highest BCUT2D eigenvalue weighted by atomic mass is 79.9. The minimum Gasteiger partial charge on any atom is -0.497 e. The average molecular weight is 462 g/mol. The van der Waals surface area contributed by atoms with Crippen molar-refractivity contribution in [1.29, 1.82) is 0 Å². The SMILES string of the molecule is CCOC(=O)[C@@H](Nc1ccc(OC)cc1)[C@@]1(O)OC(c2ccc(Br)cc2)=CC1=O. The van der Waals surface area contributed by atoms with Crippen LogP contribution in [0.25, 0.3) is 5.76 Å². The minimum atomic E-state index is -2.45. The van der Waals surface area contributed by atoms with Gasteiger partial charge in [0.05, 0.1) is 13.7 Å². The molecule has 0 aliphatic carbocycles. The van der Waals surface area contributed by atoms with Gasteiger partial charge in [-0.1, -0.05) is 28.1 Å². The molecule has 2 aromatic carbocycles. The van der Waals surface area contributed by atoms with Crippen molar-refractivity contribution in [2.75, 3.05) is 19.0 Å². The number of anilines is 1. The molecule has 0 unspecified atom stereocenters. The fraction of sp³-hybridized carbons (Fsp3) is 0.238. The maximum absolute atomic E-state index is 12.7. The molecule has 3 rings (SSSR count). The van der Waals surface area contributed by atoms with E-state index >= 15 is 0 Å². The molecule has 8 heteroatoms. The highest BCUT2D eigenvalue weighted by molar-refractivity contribution is 9.10. The van der Waals surface area contributed by atoms with Gasteiger partial charge >= 0.3 is 11.8 Å². The Kier molecular flexibility index (Phi) is 6.24. The number of esters is 1. The van der Waals surface area contributed by atoms with E-state index in [2.05, 4.69) is 21.2 Å². The second-order valence-corrected chi connectivity index (χ2v) is 7.15. The normalized spacial score (nSPS) is 19.2. The summed E-state index contributed by atoms with van der Waals surface area (Å²) in [6.07, 6.45) is 1.17. The first-order valence-electron chi connectivity index (χ1n) is 8.88. The predicted octanol–water partition coefficient (Wildman–Crippen LogP) is 3.13. The smallest absolute Gasteiger partial charge is 0.336 e. The Morgan fingerprint density at radius 2 is 1.86 bits per heavy atom. The average Bonchev–Trinajstić information content (AvgIpc) is 3.02.